The van der Waals surface area contributed by atoms with Crippen molar-refractivity contribution in [3.63, 3.8) is 0 Å². The first-order chi connectivity index (χ1) is 14.8. The topological polar surface area (TPSA) is 54.9 Å². The minimum atomic E-state index is -0.991. The number of carbonyl (C=O) groups is 1. The van der Waals surface area contributed by atoms with E-state index in [1.807, 2.05) is 13.8 Å². The molecule has 7 heteroatoms. The van der Waals surface area contributed by atoms with Crippen molar-refractivity contribution in [2.45, 2.75) is 39.5 Å². The molecule has 1 amide bonds. The lowest BCUT2D eigenvalue weighted by Gasteiger charge is -2.21. The van der Waals surface area contributed by atoms with Gasteiger partial charge in [0.2, 0.25) is 5.91 Å². The monoisotopic (exact) mass is 425 g/mol. The SMILES string of the molecule is CC(C)Cc1nc2c(nc1NC(=O)Cc1ccc(F)c(F)c1)CCc1cc(F)ccc1-2. The summed E-state index contributed by atoms with van der Waals surface area (Å²) < 4.78 is 40.2. The van der Waals surface area contributed by atoms with Gasteiger partial charge in [-0.2, -0.15) is 0 Å². The first kappa shape index (κ1) is 21.0. The lowest BCUT2D eigenvalue weighted by atomic mass is 9.91. The number of hydrogen-bond acceptors (Lipinski definition) is 3. The predicted octanol–water partition coefficient (Wildman–Crippen LogP) is 5.04. The molecule has 0 radical (unpaired) electrons. The quantitative estimate of drug-likeness (QED) is 0.623. The maximum Gasteiger partial charge on any atom is 0.229 e. The van der Waals surface area contributed by atoms with Crippen molar-refractivity contribution >= 4 is 11.7 Å². The fraction of sp³-hybridized carbons (Fsp3) is 0.292. The summed E-state index contributed by atoms with van der Waals surface area (Å²) >= 11 is 0. The second-order valence-corrected chi connectivity index (χ2v) is 8.19. The third-order valence-electron chi connectivity index (χ3n) is 5.20. The molecule has 1 aromatic heterocycles. The highest BCUT2D eigenvalue weighted by atomic mass is 19.2. The molecule has 160 valence electrons. The van der Waals surface area contributed by atoms with Crippen LogP contribution in [0.5, 0.6) is 0 Å². The van der Waals surface area contributed by atoms with Crippen molar-refractivity contribution < 1.29 is 18.0 Å². The Kier molecular flexibility index (Phi) is 5.76. The van der Waals surface area contributed by atoms with E-state index in [9.17, 15) is 18.0 Å². The van der Waals surface area contributed by atoms with Gasteiger partial charge in [-0.15, -0.1) is 0 Å². The summed E-state index contributed by atoms with van der Waals surface area (Å²) in [6, 6.07) is 8.05. The summed E-state index contributed by atoms with van der Waals surface area (Å²) in [5, 5.41) is 2.79. The summed E-state index contributed by atoms with van der Waals surface area (Å²) in [4.78, 5) is 22.1. The van der Waals surface area contributed by atoms with Crippen molar-refractivity contribution in [3.05, 3.63) is 76.4 Å². The standard InChI is InChI=1S/C24H22F3N3O/c1-13(2)9-21-24(30-22(31)11-14-3-7-18(26)19(27)10-14)29-20-8-4-15-12-16(25)5-6-17(15)23(20)28-21/h3,5-7,10,12-13H,4,8-9,11H2,1-2H3,(H,29,30,31). The van der Waals surface area contributed by atoms with Gasteiger partial charge in [-0.25, -0.2) is 23.1 Å². The average Bonchev–Trinajstić information content (AvgIpc) is 2.70. The van der Waals surface area contributed by atoms with Gasteiger partial charge >= 0.3 is 0 Å². The van der Waals surface area contributed by atoms with Crippen LogP contribution in [0.15, 0.2) is 36.4 Å². The summed E-state index contributed by atoms with van der Waals surface area (Å²) in [5.41, 5.74) is 4.23. The number of fused-ring (bicyclic) bond motifs is 3. The van der Waals surface area contributed by atoms with Crippen LogP contribution in [-0.4, -0.2) is 15.9 Å². The third-order valence-corrected chi connectivity index (χ3v) is 5.20. The second kappa shape index (κ2) is 8.49. The molecule has 2 aromatic carbocycles. The maximum absolute atomic E-state index is 13.6. The van der Waals surface area contributed by atoms with Crippen LogP contribution in [0.1, 0.15) is 36.4 Å². The molecular formula is C24H22F3N3O. The fourth-order valence-electron chi connectivity index (χ4n) is 3.79. The molecule has 0 spiro atoms. The van der Waals surface area contributed by atoms with E-state index in [-0.39, 0.29) is 24.1 Å². The highest BCUT2D eigenvalue weighted by Gasteiger charge is 2.23. The highest BCUT2D eigenvalue weighted by Crippen LogP contribution is 2.33. The molecule has 1 aliphatic rings. The molecule has 4 rings (SSSR count). The van der Waals surface area contributed by atoms with E-state index in [0.29, 0.717) is 36.3 Å². The van der Waals surface area contributed by atoms with Crippen molar-refractivity contribution in [1.29, 1.82) is 0 Å². The van der Waals surface area contributed by atoms with Crippen molar-refractivity contribution in [2.75, 3.05) is 5.32 Å². The molecule has 0 saturated carbocycles. The normalized spacial score (nSPS) is 12.5. The summed E-state index contributed by atoms with van der Waals surface area (Å²) in [6.45, 7) is 4.08. The molecule has 1 heterocycles. The van der Waals surface area contributed by atoms with Gasteiger partial charge in [0, 0.05) is 5.56 Å². The van der Waals surface area contributed by atoms with Crippen LogP contribution in [0.25, 0.3) is 11.3 Å². The smallest absolute Gasteiger partial charge is 0.229 e. The van der Waals surface area contributed by atoms with Crippen LogP contribution in [0, 0.1) is 23.4 Å². The summed E-state index contributed by atoms with van der Waals surface area (Å²) in [6.07, 6.45) is 1.71. The number of nitrogens with zero attached hydrogens (tertiary/aromatic N) is 2. The molecule has 0 fully saturated rings. The van der Waals surface area contributed by atoms with Gasteiger partial charge in [0.25, 0.3) is 0 Å². The van der Waals surface area contributed by atoms with Gasteiger partial charge in [-0.1, -0.05) is 19.9 Å². The zero-order chi connectivity index (χ0) is 22.1. The minimum Gasteiger partial charge on any atom is -0.309 e. The minimum absolute atomic E-state index is 0.112. The number of benzene rings is 2. The van der Waals surface area contributed by atoms with E-state index in [1.165, 1.54) is 18.2 Å². The van der Waals surface area contributed by atoms with Gasteiger partial charge in [0.1, 0.15) is 5.82 Å². The largest absolute Gasteiger partial charge is 0.309 e. The molecule has 0 bridgehead atoms. The number of nitrogens with one attached hydrogen (secondary N) is 1. The Hall–Kier alpha value is -3.22. The molecule has 31 heavy (non-hydrogen) atoms. The van der Waals surface area contributed by atoms with E-state index < -0.39 is 11.6 Å². The van der Waals surface area contributed by atoms with Gasteiger partial charge < -0.3 is 5.32 Å². The molecule has 1 aliphatic carbocycles. The molecule has 0 unspecified atom stereocenters. The van der Waals surface area contributed by atoms with Crippen LogP contribution < -0.4 is 5.32 Å². The van der Waals surface area contributed by atoms with Crippen LogP contribution in [0.3, 0.4) is 0 Å². The Bertz CT molecular complexity index is 1160. The number of rotatable bonds is 5. The van der Waals surface area contributed by atoms with E-state index in [4.69, 9.17) is 4.98 Å². The molecule has 0 aliphatic heterocycles. The highest BCUT2D eigenvalue weighted by molar-refractivity contribution is 5.92. The number of anilines is 1. The predicted molar refractivity (Wildman–Crippen MR) is 112 cm³/mol. The first-order valence-electron chi connectivity index (χ1n) is 10.2. The molecular weight excluding hydrogens is 403 g/mol. The molecule has 3 aromatic rings. The zero-order valence-corrected chi connectivity index (χ0v) is 17.3. The van der Waals surface area contributed by atoms with E-state index in [0.717, 1.165) is 34.6 Å². The lowest BCUT2D eigenvalue weighted by molar-refractivity contribution is -0.115. The number of amides is 1. The van der Waals surface area contributed by atoms with E-state index in [2.05, 4.69) is 10.3 Å². The Labute approximate surface area is 178 Å². The maximum atomic E-state index is 13.6. The first-order valence-corrected chi connectivity index (χ1v) is 10.2. The van der Waals surface area contributed by atoms with Crippen LogP contribution in [0.2, 0.25) is 0 Å². The number of aryl methyl sites for hydroxylation is 2. The van der Waals surface area contributed by atoms with Crippen LogP contribution in [-0.2, 0) is 30.5 Å². The van der Waals surface area contributed by atoms with Crippen molar-refractivity contribution in [3.8, 4) is 11.3 Å². The van der Waals surface area contributed by atoms with Crippen molar-refractivity contribution in [1.82, 2.24) is 9.97 Å². The zero-order valence-electron chi connectivity index (χ0n) is 17.3. The Morgan fingerprint density at radius 1 is 1.03 bits per heavy atom. The van der Waals surface area contributed by atoms with E-state index >= 15 is 0 Å². The molecule has 4 nitrogen and oxygen atoms in total. The van der Waals surface area contributed by atoms with Gasteiger partial charge in [0.15, 0.2) is 17.5 Å². The number of hydrogen-bond donors (Lipinski definition) is 1. The van der Waals surface area contributed by atoms with Gasteiger partial charge in [-0.3, -0.25) is 4.79 Å². The fourth-order valence-corrected chi connectivity index (χ4v) is 3.79. The Morgan fingerprint density at radius 2 is 1.84 bits per heavy atom. The van der Waals surface area contributed by atoms with Gasteiger partial charge in [0.05, 0.1) is 23.5 Å². The number of halogens is 3. The van der Waals surface area contributed by atoms with Crippen LogP contribution in [0.4, 0.5) is 19.0 Å². The van der Waals surface area contributed by atoms with Crippen LogP contribution >= 0.6 is 0 Å². The molecule has 1 N–H and O–H groups in total. The van der Waals surface area contributed by atoms with Gasteiger partial charge in [-0.05, 0) is 66.6 Å². The lowest BCUT2D eigenvalue weighted by Crippen LogP contribution is -2.20. The summed E-state index contributed by atoms with van der Waals surface area (Å²) in [7, 11) is 0. The molecule has 0 atom stereocenters. The van der Waals surface area contributed by atoms with Crippen molar-refractivity contribution in [2.24, 2.45) is 5.92 Å². The molecule has 0 saturated heterocycles. The Balaban J connectivity index is 1.65. The van der Waals surface area contributed by atoms with E-state index in [1.54, 1.807) is 6.07 Å². The Morgan fingerprint density at radius 3 is 2.58 bits per heavy atom. The third kappa shape index (κ3) is 4.60. The number of carbonyl (C=O) groups excluding carboxylic acids is 1. The summed E-state index contributed by atoms with van der Waals surface area (Å²) in [5.74, 6) is -1.96. The second-order valence-electron chi connectivity index (χ2n) is 8.19. The average molecular weight is 425 g/mol. The number of aromatic nitrogens is 2.